The van der Waals surface area contributed by atoms with Crippen LogP contribution in [0.5, 0.6) is 0 Å². The molecular formula is C24H20F3N3O2S. The standard InChI is InChI=1S/C24H20F3N3O2S/c1-16(31)30(20-9-4-8-18(14-20)24(25,26)27)23-28-19(15-33-23)11-12-22(32)29-13-5-7-17-6-2-3-10-21(17)29/h2-4,6,8-12,14-15H,5,7,13H2,1H3/b12-11+. The molecule has 0 atom stereocenters. The molecule has 3 aromatic rings. The summed E-state index contributed by atoms with van der Waals surface area (Å²) in [6, 6.07) is 12.3. The summed E-state index contributed by atoms with van der Waals surface area (Å²) in [6.45, 7) is 1.88. The third-order valence-electron chi connectivity index (χ3n) is 5.22. The molecule has 2 aromatic carbocycles. The number of para-hydroxylation sites is 1. The van der Waals surface area contributed by atoms with Crippen molar-refractivity contribution in [1.29, 1.82) is 0 Å². The lowest BCUT2D eigenvalue weighted by molar-refractivity contribution is -0.137. The van der Waals surface area contributed by atoms with Crippen LogP contribution in [0.2, 0.25) is 0 Å². The molecule has 0 radical (unpaired) electrons. The zero-order chi connectivity index (χ0) is 23.6. The van der Waals surface area contributed by atoms with E-state index in [4.69, 9.17) is 0 Å². The maximum absolute atomic E-state index is 13.1. The molecule has 0 saturated heterocycles. The number of hydrogen-bond acceptors (Lipinski definition) is 4. The summed E-state index contributed by atoms with van der Waals surface area (Å²) in [5.74, 6) is -0.654. The van der Waals surface area contributed by atoms with E-state index in [2.05, 4.69) is 4.98 Å². The fraction of sp³-hybridized carbons (Fsp3) is 0.208. The number of aryl methyl sites for hydroxylation is 1. The van der Waals surface area contributed by atoms with Gasteiger partial charge in [0.05, 0.1) is 16.9 Å². The van der Waals surface area contributed by atoms with Crippen molar-refractivity contribution in [2.24, 2.45) is 0 Å². The van der Waals surface area contributed by atoms with Gasteiger partial charge in [0.2, 0.25) is 5.91 Å². The first-order chi connectivity index (χ1) is 15.7. The Hall–Kier alpha value is -3.46. The molecule has 33 heavy (non-hydrogen) atoms. The number of anilines is 3. The Kier molecular flexibility index (Phi) is 6.33. The summed E-state index contributed by atoms with van der Waals surface area (Å²) < 4.78 is 39.3. The first kappa shape index (κ1) is 22.7. The van der Waals surface area contributed by atoms with Gasteiger partial charge in [0, 0.05) is 30.6 Å². The Morgan fingerprint density at radius 2 is 1.94 bits per heavy atom. The molecule has 5 nitrogen and oxygen atoms in total. The van der Waals surface area contributed by atoms with E-state index in [0.29, 0.717) is 12.2 Å². The molecule has 2 heterocycles. The molecule has 0 aliphatic carbocycles. The summed E-state index contributed by atoms with van der Waals surface area (Å²) >= 11 is 1.11. The van der Waals surface area contributed by atoms with E-state index in [1.807, 2.05) is 24.3 Å². The number of fused-ring (bicyclic) bond motifs is 1. The minimum atomic E-state index is -4.53. The summed E-state index contributed by atoms with van der Waals surface area (Å²) in [4.78, 5) is 32.2. The lowest BCUT2D eigenvalue weighted by Gasteiger charge is -2.28. The minimum Gasteiger partial charge on any atom is -0.309 e. The highest BCUT2D eigenvalue weighted by Gasteiger charge is 2.31. The maximum atomic E-state index is 13.1. The Labute approximate surface area is 192 Å². The molecule has 1 aliphatic rings. The van der Waals surface area contributed by atoms with Crippen molar-refractivity contribution in [2.45, 2.75) is 25.9 Å². The van der Waals surface area contributed by atoms with Crippen LogP contribution in [0.25, 0.3) is 6.08 Å². The summed E-state index contributed by atoms with van der Waals surface area (Å²) in [5.41, 5.74) is 1.68. The van der Waals surface area contributed by atoms with Crippen molar-refractivity contribution in [3.05, 3.63) is 76.8 Å². The number of alkyl halides is 3. The zero-order valence-electron chi connectivity index (χ0n) is 17.7. The fourth-order valence-corrected chi connectivity index (χ4v) is 4.57. The fourth-order valence-electron chi connectivity index (χ4n) is 3.71. The number of benzene rings is 2. The van der Waals surface area contributed by atoms with Gasteiger partial charge < -0.3 is 4.90 Å². The quantitative estimate of drug-likeness (QED) is 0.450. The van der Waals surface area contributed by atoms with E-state index < -0.39 is 17.6 Å². The molecule has 0 fully saturated rings. The van der Waals surface area contributed by atoms with E-state index >= 15 is 0 Å². The largest absolute Gasteiger partial charge is 0.416 e. The normalized spacial score (nSPS) is 13.8. The number of aromatic nitrogens is 1. The summed E-state index contributed by atoms with van der Waals surface area (Å²) in [6.07, 6.45) is 0.244. The van der Waals surface area contributed by atoms with Gasteiger partial charge in [-0.15, -0.1) is 11.3 Å². The van der Waals surface area contributed by atoms with Crippen molar-refractivity contribution in [2.75, 3.05) is 16.3 Å². The molecule has 0 N–H and O–H groups in total. The van der Waals surface area contributed by atoms with Crippen LogP contribution < -0.4 is 9.80 Å². The van der Waals surface area contributed by atoms with Crippen LogP contribution in [0, 0.1) is 0 Å². The molecule has 0 bridgehead atoms. The zero-order valence-corrected chi connectivity index (χ0v) is 18.5. The van der Waals surface area contributed by atoms with Crippen molar-refractivity contribution < 1.29 is 22.8 Å². The van der Waals surface area contributed by atoms with E-state index in [-0.39, 0.29) is 16.7 Å². The molecule has 1 aromatic heterocycles. The minimum absolute atomic E-state index is 0.0724. The average molecular weight is 472 g/mol. The number of rotatable bonds is 4. The molecule has 0 saturated carbocycles. The Morgan fingerprint density at radius 1 is 1.15 bits per heavy atom. The molecule has 9 heteroatoms. The first-order valence-corrected chi connectivity index (χ1v) is 11.1. The monoisotopic (exact) mass is 471 g/mol. The van der Waals surface area contributed by atoms with E-state index in [1.54, 1.807) is 16.4 Å². The van der Waals surface area contributed by atoms with Crippen LogP contribution in [0.4, 0.5) is 29.7 Å². The van der Waals surface area contributed by atoms with E-state index in [9.17, 15) is 22.8 Å². The maximum Gasteiger partial charge on any atom is 0.416 e. The number of carbonyl (C=O) groups is 2. The van der Waals surface area contributed by atoms with E-state index in [0.717, 1.165) is 52.5 Å². The van der Waals surface area contributed by atoms with Gasteiger partial charge in [-0.25, -0.2) is 4.98 Å². The Balaban J connectivity index is 1.55. The van der Waals surface area contributed by atoms with E-state index in [1.165, 1.54) is 25.1 Å². The van der Waals surface area contributed by atoms with Gasteiger partial charge in [0.25, 0.3) is 5.91 Å². The smallest absolute Gasteiger partial charge is 0.309 e. The third kappa shape index (κ3) is 4.98. The second-order valence-corrected chi connectivity index (χ2v) is 8.35. The van der Waals surface area contributed by atoms with Crippen molar-refractivity contribution in [1.82, 2.24) is 4.98 Å². The van der Waals surface area contributed by atoms with Gasteiger partial charge in [-0.3, -0.25) is 14.5 Å². The lowest BCUT2D eigenvalue weighted by atomic mass is 10.0. The summed E-state index contributed by atoms with van der Waals surface area (Å²) in [7, 11) is 0. The van der Waals surface area contributed by atoms with Crippen LogP contribution in [0.1, 0.15) is 30.2 Å². The van der Waals surface area contributed by atoms with Gasteiger partial charge in [-0.05, 0) is 48.7 Å². The molecular weight excluding hydrogens is 451 g/mol. The highest BCUT2D eigenvalue weighted by molar-refractivity contribution is 7.14. The molecule has 1 aliphatic heterocycles. The number of thiazole rings is 1. The van der Waals surface area contributed by atoms with Gasteiger partial charge >= 0.3 is 6.18 Å². The van der Waals surface area contributed by atoms with Crippen LogP contribution >= 0.6 is 11.3 Å². The SMILES string of the molecule is CC(=O)N(c1cccc(C(F)(F)F)c1)c1nc(/C=C/C(=O)N2CCCc3ccccc32)cs1. The number of amides is 2. The predicted molar refractivity (Wildman–Crippen MR) is 123 cm³/mol. The highest BCUT2D eigenvalue weighted by Crippen LogP contribution is 2.35. The third-order valence-corrected chi connectivity index (χ3v) is 6.06. The second kappa shape index (κ2) is 9.19. The van der Waals surface area contributed by atoms with Crippen LogP contribution in [0.15, 0.2) is 60.0 Å². The highest BCUT2D eigenvalue weighted by atomic mass is 32.1. The number of carbonyl (C=O) groups excluding carboxylic acids is 2. The number of nitrogens with zero attached hydrogens (tertiary/aromatic N) is 3. The Bertz CT molecular complexity index is 1220. The summed E-state index contributed by atoms with van der Waals surface area (Å²) in [5, 5.41) is 1.87. The van der Waals surface area contributed by atoms with Gasteiger partial charge in [-0.1, -0.05) is 24.3 Å². The molecule has 170 valence electrons. The van der Waals surface area contributed by atoms with Crippen molar-refractivity contribution >= 4 is 45.7 Å². The first-order valence-electron chi connectivity index (χ1n) is 10.2. The Morgan fingerprint density at radius 3 is 2.70 bits per heavy atom. The molecule has 2 amide bonds. The van der Waals surface area contributed by atoms with Crippen molar-refractivity contribution in [3.63, 3.8) is 0 Å². The second-order valence-electron chi connectivity index (χ2n) is 7.51. The van der Waals surface area contributed by atoms with Gasteiger partial charge in [0.1, 0.15) is 0 Å². The van der Waals surface area contributed by atoms with Crippen LogP contribution in [-0.4, -0.2) is 23.3 Å². The lowest BCUT2D eigenvalue weighted by Crippen LogP contribution is -2.34. The van der Waals surface area contributed by atoms with Gasteiger partial charge in [-0.2, -0.15) is 13.2 Å². The van der Waals surface area contributed by atoms with Gasteiger partial charge in [0.15, 0.2) is 5.13 Å². The van der Waals surface area contributed by atoms with Crippen molar-refractivity contribution in [3.8, 4) is 0 Å². The molecule has 0 spiro atoms. The van der Waals surface area contributed by atoms with Crippen LogP contribution in [0.3, 0.4) is 0 Å². The number of hydrogen-bond donors (Lipinski definition) is 0. The predicted octanol–water partition coefficient (Wildman–Crippen LogP) is 5.84. The topological polar surface area (TPSA) is 53.5 Å². The van der Waals surface area contributed by atoms with Crippen LogP contribution in [-0.2, 0) is 22.2 Å². The number of halogens is 3. The molecule has 0 unspecified atom stereocenters. The molecule has 4 rings (SSSR count). The average Bonchev–Trinajstić information content (AvgIpc) is 3.25.